The van der Waals surface area contributed by atoms with Crippen molar-refractivity contribution >= 4 is 5.97 Å². The molecule has 8 heteroatoms. The van der Waals surface area contributed by atoms with E-state index >= 15 is 0 Å². The van der Waals surface area contributed by atoms with Crippen LogP contribution >= 0.6 is 0 Å². The highest BCUT2D eigenvalue weighted by molar-refractivity contribution is 5.66. The van der Waals surface area contributed by atoms with Crippen LogP contribution in [0.2, 0.25) is 0 Å². The van der Waals surface area contributed by atoms with Crippen molar-refractivity contribution in [2.45, 2.75) is 37.4 Å². The highest BCUT2D eigenvalue weighted by Crippen LogP contribution is 2.28. The monoisotopic (exact) mass is 290 g/mol. The summed E-state index contributed by atoms with van der Waals surface area (Å²) in [5, 5.41) is 0. The first-order valence-electron chi connectivity index (χ1n) is 6.55. The highest BCUT2D eigenvalue weighted by Gasteiger charge is 2.48. The van der Waals surface area contributed by atoms with Crippen molar-refractivity contribution < 1.29 is 38.0 Å². The first-order valence-corrected chi connectivity index (χ1v) is 6.55. The molecule has 3 aliphatic rings. The van der Waals surface area contributed by atoms with Crippen LogP contribution in [0, 0.1) is 0 Å². The van der Waals surface area contributed by atoms with Crippen LogP contribution in [0.1, 0.15) is 6.92 Å². The van der Waals surface area contributed by atoms with Gasteiger partial charge >= 0.3 is 5.97 Å². The van der Waals surface area contributed by atoms with Gasteiger partial charge in [-0.15, -0.1) is 0 Å². The van der Waals surface area contributed by atoms with Crippen LogP contribution < -0.4 is 0 Å². The second-order valence-electron chi connectivity index (χ2n) is 4.84. The minimum absolute atomic E-state index is 0.0901. The molecular weight excluding hydrogens is 272 g/mol. The molecule has 0 aromatic heterocycles. The molecule has 3 aliphatic heterocycles. The van der Waals surface area contributed by atoms with Gasteiger partial charge in [-0.2, -0.15) is 0 Å². The molecule has 3 rings (SSSR count). The maximum Gasteiger partial charge on any atom is 0.303 e. The average Bonchev–Trinajstić information content (AvgIpc) is 3.12. The van der Waals surface area contributed by atoms with Crippen LogP contribution in [-0.4, -0.2) is 70.1 Å². The predicted molar refractivity (Wildman–Crippen MR) is 61.6 cm³/mol. The third kappa shape index (κ3) is 2.95. The Morgan fingerprint density at radius 2 is 1.45 bits per heavy atom. The topological polar surface area (TPSA) is 81.7 Å². The van der Waals surface area contributed by atoms with Gasteiger partial charge in [-0.05, 0) is 0 Å². The van der Waals surface area contributed by atoms with Crippen molar-refractivity contribution in [2.75, 3.05) is 33.6 Å². The Morgan fingerprint density at radius 1 is 0.900 bits per heavy atom. The van der Waals surface area contributed by atoms with Crippen LogP contribution in [0.15, 0.2) is 0 Å². The zero-order valence-electron chi connectivity index (χ0n) is 11.2. The summed E-state index contributed by atoms with van der Waals surface area (Å²) in [5.74, 6) is -0.406. The summed E-state index contributed by atoms with van der Waals surface area (Å²) in [6.07, 6.45) is -2.06. The highest BCUT2D eigenvalue weighted by atomic mass is 16.8. The number of hydrogen-bond donors (Lipinski definition) is 0. The molecule has 8 nitrogen and oxygen atoms in total. The molecule has 0 N–H and O–H groups in total. The lowest BCUT2D eigenvalue weighted by Crippen LogP contribution is -2.58. The third-order valence-electron chi connectivity index (χ3n) is 3.50. The lowest BCUT2D eigenvalue weighted by Gasteiger charge is -2.40. The molecule has 0 aromatic rings. The van der Waals surface area contributed by atoms with Crippen molar-refractivity contribution in [1.29, 1.82) is 0 Å². The van der Waals surface area contributed by atoms with Crippen LogP contribution in [0.4, 0.5) is 0 Å². The van der Waals surface area contributed by atoms with Crippen molar-refractivity contribution in [2.24, 2.45) is 0 Å². The standard InChI is InChI=1S/C12H18O8/c1-7(13)20-12-10(8-2-14-4-16-8)18-6-19-11(12)9-3-15-5-17-9/h8-12H,2-6H2,1H3. The molecule has 0 amide bonds. The predicted octanol–water partition coefficient (Wildman–Crippen LogP) is -0.595. The Balaban J connectivity index is 1.74. The summed E-state index contributed by atoms with van der Waals surface area (Å²) in [6.45, 7) is 2.67. The molecule has 0 bridgehead atoms. The van der Waals surface area contributed by atoms with E-state index in [2.05, 4.69) is 0 Å². The van der Waals surface area contributed by atoms with Crippen molar-refractivity contribution in [1.82, 2.24) is 0 Å². The van der Waals surface area contributed by atoms with Gasteiger partial charge in [0.15, 0.2) is 6.10 Å². The van der Waals surface area contributed by atoms with E-state index in [0.29, 0.717) is 13.2 Å². The Labute approximate surface area is 116 Å². The summed E-state index contributed by atoms with van der Waals surface area (Å²) in [6, 6.07) is 0. The molecule has 4 atom stereocenters. The van der Waals surface area contributed by atoms with Gasteiger partial charge in [-0.25, -0.2) is 0 Å². The van der Waals surface area contributed by atoms with E-state index in [4.69, 9.17) is 33.2 Å². The number of carbonyl (C=O) groups is 1. The fourth-order valence-corrected chi connectivity index (χ4v) is 2.61. The van der Waals surface area contributed by atoms with E-state index in [1.54, 1.807) is 0 Å². The van der Waals surface area contributed by atoms with Crippen molar-refractivity contribution in [3.8, 4) is 0 Å². The lowest BCUT2D eigenvalue weighted by atomic mass is 9.98. The molecular formula is C12H18O8. The second-order valence-corrected chi connectivity index (χ2v) is 4.84. The Bertz CT molecular complexity index is 312. The molecule has 4 unspecified atom stereocenters. The summed E-state index contributed by atoms with van der Waals surface area (Å²) < 4.78 is 37.8. The molecule has 0 aliphatic carbocycles. The average molecular weight is 290 g/mol. The molecule has 0 spiro atoms. The Hall–Kier alpha value is -0.770. The SMILES string of the molecule is CC(=O)OC1C(C2COCO2)OCOC1C1COCO1. The van der Waals surface area contributed by atoms with Crippen molar-refractivity contribution in [3.63, 3.8) is 0 Å². The van der Waals surface area contributed by atoms with Gasteiger partial charge in [-0.3, -0.25) is 4.79 Å². The molecule has 3 saturated heterocycles. The number of hydrogen-bond acceptors (Lipinski definition) is 8. The largest absolute Gasteiger partial charge is 0.457 e. The molecule has 20 heavy (non-hydrogen) atoms. The van der Waals surface area contributed by atoms with Gasteiger partial charge in [0, 0.05) is 6.92 Å². The first-order chi connectivity index (χ1) is 9.75. The van der Waals surface area contributed by atoms with Crippen LogP contribution in [-0.2, 0) is 38.0 Å². The molecule has 114 valence electrons. The lowest BCUT2D eigenvalue weighted by molar-refractivity contribution is -0.272. The molecule has 3 heterocycles. The minimum Gasteiger partial charge on any atom is -0.457 e. The van der Waals surface area contributed by atoms with E-state index in [1.165, 1.54) is 6.92 Å². The second kappa shape index (κ2) is 6.33. The number of rotatable bonds is 3. The fourth-order valence-electron chi connectivity index (χ4n) is 2.61. The van der Waals surface area contributed by atoms with Gasteiger partial charge in [0.1, 0.15) is 44.8 Å². The molecule has 3 fully saturated rings. The van der Waals surface area contributed by atoms with Crippen molar-refractivity contribution in [3.05, 3.63) is 0 Å². The van der Waals surface area contributed by atoms with Gasteiger partial charge < -0.3 is 33.2 Å². The van der Waals surface area contributed by atoms with Crippen LogP contribution in [0.5, 0.6) is 0 Å². The normalized spacial score (nSPS) is 41.8. The zero-order valence-corrected chi connectivity index (χ0v) is 11.2. The van der Waals surface area contributed by atoms with E-state index in [-0.39, 0.29) is 32.6 Å². The Morgan fingerprint density at radius 3 is 1.85 bits per heavy atom. The van der Waals surface area contributed by atoms with E-state index in [0.717, 1.165) is 0 Å². The molecule has 0 aromatic carbocycles. The van der Waals surface area contributed by atoms with E-state index < -0.39 is 24.3 Å². The first kappa shape index (κ1) is 14.2. The van der Waals surface area contributed by atoms with Crippen LogP contribution in [0.3, 0.4) is 0 Å². The molecule has 0 saturated carbocycles. The van der Waals surface area contributed by atoms with Gasteiger partial charge in [0.05, 0.1) is 13.2 Å². The maximum atomic E-state index is 11.4. The zero-order chi connectivity index (χ0) is 13.9. The van der Waals surface area contributed by atoms with Gasteiger partial charge in [0.2, 0.25) is 0 Å². The Kier molecular flexibility index (Phi) is 4.49. The fraction of sp³-hybridized carbons (Fsp3) is 0.917. The van der Waals surface area contributed by atoms with E-state index in [1.807, 2.05) is 0 Å². The van der Waals surface area contributed by atoms with E-state index in [9.17, 15) is 4.79 Å². The quantitative estimate of drug-likeness (QED) is 0.638. The maximum absolute atomic E-state index is 11.4. The minimum atomic E-state index is -0.611. The summed E-state index contributed by atoms with van der Waals surface area (Å²) in [7, 11) is 0. The summed E-state index contributed by atoms with van der Waals surface area (Å²) in [4.78, 5) is 11.4. The molecule has 0 radical (unpaired) electrons. The third-order valence-corrected chi connectivity index (χ3v) is 3.50. The number of esters is 1. The smallest absolute Gasteiger partial charge is 0.303 e. The van der Waals surface area contributed by atoms with Crippen LogP contribution in [0.25, 0.3) is 0 Å². The number of carbonyl (C=O) groups excluding carboxylic acids is 1. The van der Waals surface area contributed by atoms with Gasteiger partial charge in [-0.1, -0.05) is 0 Å². The van der Waals surface area contributed by atoms with Gasteiger partial charge in [0.25, 0.3) is 0 Å². The summed E-state index contributed by atoms with van der Waals surface area (Å²) >= 11 is 0. The summed E-state index contributed by atoms with van der Waals surface area (Å²) in [5.41, 5.74) is 0. The number of ether oxygens (including phenoxy) is 7.